The molecule has 1 saturated heterocycles. The number of nitrogens with zero attached hydrogens (tertiary/aromatic N) is 2. The molecule has 4 aromatic carbocycles. The van der Waals surface area contributed by atoms with Crippen molar-refractivity contribution in [3.8, 4) is 11.5 Å². The fraction of sp³-hybridized carbons (Fsp3) is 0.118. The number of nitrogens with one attached hydrogen (secondary N) is 2. The summed E-state index contributed by atoms with van der Waals surface area (Å²) >= 11 is 1.15. The van der Waals surface area contributed by atoms with E-state index < -0.39 is 33.8 Å². The standard InChI is InChI=1S/C34H28N4O8S/c1-45-26-15-16-29(46-2)22(17-26)18-28(36-32(40)21-7-4-3-5-8-21)33(41)35-23-9-6-10-27(19-23)47-30-20-31(39)37(34(30)42)24-11-13-25(14-12-24)38(43)44/h3-19,30H,20H2,1-2H3,(H,35,41)(H,36,40). The van der Waals surface area contributed by atoms with Crippen LogP contribution in [0.4, 0.5) is 17.1 Å². The van der Waals surface area contributed by atoms with Gasteiger partial charge in [0.05, 0.1) is 30.1 Å². The first-order chi connectivity index (χ1) is 22.7. The van der Waals surface area contributed by atoms with Crippen LogP contribution in [0.3, 0.4) is 0 Å². The lowest BCUT2D eigenvalue weighted by atomic mass is 10.1. The van der Waals surface area contributed by atoms with Crippen LogP contribution in [0.2, 0.25) is 0 Å². The number of anilines is 2. The zero-order valence-electron chi connectivity index (χ0n) is 25.2. The fourth-order valence-corrected chi connectivity index (χ4v) is 5.86. The average Bonchev–Trinajstić information content (AvgIpc) is 3.36. The van der Waals surface area contributed by atoms with E-state index in [1.54, 1.807) is 72.8 Å². The molecule has 0 radical (unpaired) electrons. The van der Waals surface area contributed by atoms with Crippen molar-refractivity contribution in [2.24, 2.45) is 0 Å². The molecule has 0 aliphatic carbocycles. The van der Waals surface area contributed by atoms with Crippen LogP contribution in [0.1, 0.15) is 22.3 Å². The molecule has 1 aliphatic rings. The maximum Gasteiger partial charge on any atom is 0.272 e. The lowest BCUT2D eigenvalue weighted by molar-refractivity contribution is -0.384. The van der Waals surface area contributed by atoms with Crippen LogP contribution in [0.5, 0.6) is 11.5 Å². The van der Waals surface area contributed by atoms with Gasteiger partial charge in [0.15, 0.2) is 0 Å². The fourth-order valence-electron chi connectivity index (χ4n) is 4.75. The molecule has 12 nitrogen and oxygen atoms in total. The molecular formula is C34H28N4O8S. The monoisotopic (exact) mass is 652 g/mol. The molecule has 5 rings (SSSR count). The molecule has 4 amide bonds. The van der Waals surface area contributed by atoms with Gasteiger partial charge in [0.25, 0.3) is 17.5 Å². The van der Waals surface area contributed by atoms with Crippen LogP contribution in [-0.2, 0) is 14.4 Å². The van der Waals surface area contributed by atoms with Crippen molar-refractivity contribution in [2.75, 3.05) is 24.4 Å². The molecular weight excluding hydrogens is 624 g/mol. The average molecular weight is 653 g/mol. The van der Waals surface area contributed by atoms with Gasteiger partial charge in [0.2, 0.25) is 11.8 Å². The first-order valence-corrected chi connectivity index (χ1v) is 15.0. The molecule has 47 heavy (non-hydrogen) atoms. The second-order valence-electron chi connectivity index (χ2n) is 10.1. The second-order valence-corrected chi connectivity index (χ2v) is 11.4. The van der Waals surface area contributed by atoms with Crippen molar-refractivity contribution in [2.45, 2.75) is 16.6 Å². The summed E-state index contributed by atoms with van der Waals surface area (Å²) in [5.74, 6) is -1.05. The molecule has 0 spiro atoms. The van der Waals surface area contributed by atoms with Crippen LogP contribution < -0.4 is 25.0 Å². The molecule has 238 valence electrons. The minimum absolute atomic E-state index is 0.0706. The predicted molar refractivity (Wildman–Crippen MR) is 176 cm³/mol. The molecule has 0 saturated carbocycles. The third kappa shape index (κ3) is 7.65. The van der Waals surface area contributed by atoms with Gasteiger partial charge in [-0.2, -0.15) is 0 Å². The number of thioether (sulfide) groups is 1. The zero-order chi connectivity index (χ0) is 33.5. The van der Waals surface area contributed by atoms with Crippen LogP contribution in [-0.4, -0.2) is 48.0 Å². The summed E-state index contributed by atoms with van der Waals surface area (Å²) in [6.45, 7) is 0. The number of carbonyl (C=O) groups is 4. The Balaban J connectivity index is 1.36. The van der Waals surface area contributed by atoms with Crippen molar-refractivity contribution < 1.29 is 33.6 Å². The van der Waals surface area contributed by atoms with Crippen molar-refractivity contribution in [3.63, 3.8) is 0 Å². The first-order valence-electron chi connectivity index (χ1n) is 14.2. The van der Waals surface area contributed by atoms with Gasteiger partial charge < -0.3 is 20.1 Å². The van der Waals surface area contributed by atoms with Crippen LogP contribution in [0.15, 0.2) is 108 Å². The van der Waals surface area contributed by atoms with E-state index in [0.29, 0.717) is 33.2 Å². The smallest absolute Gasteiger partial charge is 0.272 e. The highest BCUT2D eigenvalue weighted by atomic mass is 32.2. The topological polar surface area (TPSA) is 157 Å². The number of carbonyl (C=O) groups excluding carboxylic acids is 4. The maximum absolute atomic E-state index is 13.6. The highest BCUT2D eigenvalue weighted by molar-refractivity contribution is 8.00. The number of hydrogen-bond acceptors (Lipinski definition) is 9. The van der Waals surface area contributed by atoms with E-state index in [9.17, 15) is 29.3 Å². The Hall–Kier alpha value is -5.95. The molecule has 1 heterocycles. The Kier molecular flexibility index (Phi) is 9.96. The summed E-state index contributed by atoms with van der Waals surface area (Å²) in [6.07, 6.45) is 1.41. The lowest BCUT2D eigenvalue weighted by Crippen LogP contribution is -2.31. The van der Waals surface area contributed by atoms with Crippen LogP contribution in [0, 0.1) is 10.1 Å². The Labute approximate surface area is 273 Å². The second kappa shape index (κ2) is 14.4. The van der Waals surface area contributed by atoms with Gasteiger partial charge in [-0.3, -0.25) is 29.3 Å². The Bertz CT molecular complexity index is 1880. The number of amides is 4. The number of nitro groups is 1. The predicted octanol–water partition coefficient (Wildman–Crippen LogP) is 5.45. The van der Waals surface area contributed by atoms with Crippen LogP contribution >= 0.6 is 11.8 Å². The zero-order valence-corrected chi connectivity index (χ0v) is 26.0. The number of nitro benzene ring substituents is 1. The SMILES string of the molecule is COc1ccc(OC)c(C=C(NC(=O)c2ccccc2)C(=O)Nc2cccc(SC3CC(=O)N(c4ccc([N+](=O)[O-])cc4)C3=O)c2)c1. The summed E-state index contributed by atoms with van der Waals surface area (Å²) < 4.78 is 10.8. The van der Waals surface area contributed by atoms with Gasteiger partial charge in [-0.05, 0) is 66.7 Å². The van der Waals surface area contributed by atoms with E-state index in [1.165, 1.54) is 44.6 Å². The largest absolute Gasteiger partial charge is 0.497 e. The molecule has 2 N–H and O–H groups in total. The Morgan fingerprint density at radius 3 is 2.36 bits per heavy atom. The maximum atomic E-state index is 13.6. The number of benzene rings is 4. The number of non-ortho nitro benzene ring substituents is 1. The number of methoxy groups -OCH3 is 2. The Morgan fingerprint density at radius 1 is 0.936 bits per heavy atom. The van der Waals surface area contributed by atoms with Crippen LogP contribution in [0.25, 0.3) is 6.08 Å². The van der Waals surface area contributed by atoms with Gasteiger partial charge >= 0.3 is 0 Å². The van der Waals surface area contributed by atoms with E-state index in [2.05, 4.69) is 10.6 Å². The molecule has 1 unspecified atom stereocenters. The molecule has 0 bridgehead atoms. The lowest BCUT2D eigenvalue weighted by Gasteiger charge is -2.15. The summed E-state index contributed by atoms with van der Waals surface area (Å²) in [4.78, 5) is 64.7. The quantitative estimate of drug-likeness (QED) is 0.0931. The van der Waals surface area contributed by atoms with Gasteiger partial charge in [-0.15, -0.1) is 11.8 Å². The van der Waals surface area contributed by atoms with Crippen molar-refractivity contribution in [3.05, 3.63) is 124 Å². The number of imide groups is 1. The molecule has 1 fully saturated rings. The summed E-state index contributed by atoms with van der Waals surface area (Å²) in [5.41, 5.74) is 1.23. The first kappa shape index (κ1) is 32.4. The third-order valence-electron chi connectivity index (χ3n) is 7.06. The summed E-state index contributed by atoms with van der Waals surface area (Å²) in [6, 6.07) is 25.4. The van der Waals surface area contributed by atoms with Crippen molar-refractivity contribution in [1.29, 1.82) is 0 Å². The highest BCUT2D eigenvalue weighted by Crippen LogP contribution is 2.35. The van der Waals surface area contributed by atoms with Gasteiger partial charge in [-0.25, -0.2) is 4.90 Å². The van der Waals surface area contributed by atoms with E-state index in [4.69, 9.17) is 9.47 Å². The number of ether oxygens (including phenoxy) is 2. The minimum Gasteiger partial charge on any atom is -0.497 e. The normalized spacial score (nSPS) is 14.5. The molecule has 1 atom stereocenters. The van der Waals surface area contributed by atoms with E-state index >= 15 is 0 Å². The van der Waals surface area contributed by atoms with Gasteiger partial charge in [0.1, 0.15) is 17.2 Å². The van der Waals surface area contributed by atoms with Crippen molar-refractivity contribution >= 4 is 58.5 Å². The summed E-state index contributed by atoms with van der Waals surface area (Å²) in [7, 11) is 2.99. The van der Waals surface area contributed by atoms with Gasteiger partial charge in [0, 0.05) is 40.3 Å². The number of rotatable bonds is 11. The highest BCUT2D eigenvalue weighted by Gasteiger charge is 2.40. The molecule has 1 aliphatic heterocycles. The van der Waals surface area contributed by atoms with E-state index in [1.807, 2.05) is 0 Å². The van der Waals surface area contributed by atoms with E-state index in [-0.39, 0.29) is 23.5 Å². The van der Waals surface area contributed by atoms with Gasteiger partial charge in [-0.1, -0.05) is 24.3 Å². The number of hydrogen-bond donors (Lipinski definition) is 2. The minimum atomic E-state index is -0.746. The molecule has 4 aromatic rings. The van der Waals surface area contributed by atoms with E-state index in [0.717, 1.165) is 16.7 Å². The Morgan fingerprint density at radius 2 is 1.68 bits per heavy atom. The summed E-state index contributed by atoms with van der Waals surface area (Å²) in [5, 5.41) is 15.7. The molecule has 13 heteroatoms. The van der Waals surface area contributed by atoms with Crippen molar-refractivity contribution in [1.82, 2.24) is 5.32 Å². The third-order valence-corrected chi connectivity index (χ3v) is 8.24. The molecule has 0 aromatic heterocycles.